The third-order valence-electron chi connectivity index (χ3n) is 5.44. The van der Waals surface area contributed by atoms with Crippen LogP contribution in [0.5, 0.6) is 5.75 Å². The van der Waals surface area contributed by atoms with Gasteiger partial charge in [0.1, 0.15) is 5.75 Å². The summed E-state index contributed by atoms with van der Waals surface area (Å²) in [5.74, 6) is 1.41. The molecule has 33 heavy (non-hydrogen) atoms. The Hall–Kier alpha value is -3.39. The molecule has 0 fully saturated rings. The highest BCUT2D eigenvalue weighted by Gasteiger charge is 2.15. The number of amides is 1. The van der Waals surface area contributed by atoms with Crippen LogP contribution in [0.4, 0.5) is 5.69 Å². The molecule has 0 bridgehead atoms. The smallest absolute Gasteiger partial charge is 0.253 e. The lowest BCUT2D eigenvalue weighted by Gasteiger charge is -2.11. The number of thioether (sulfide) groups is 1. The van der Waals surface area contributed by atoms with Crippen molar-refractivity contribution in [2.45, 2.75) is 39.3 Å². The van der Waals surface area contributed by atoms with Gasteiger partial charge in [0, 0.05) is 23.5 Å². The molecule has 0 saturated heterocycles. The highest BCUT2D eigenvalue weighted by atomic mass is 32.2. The van der Waals surface area contributed by atoms with Crippen molar-refractivity contribution < 1.29 is 9.53 Å². The van der Waals surface area contributed by atoms with Crippen LogP contribution in [-0.4, -0.2) is 37.8 Å². The monoisotopic (exact) mass is 461 g/mol. The van der Waals surface area contributed by atoms with Gasteiger partial charge in [0.05, 0.1) is 12.4 Å². The number of fused-ring (bicyclic) bond motifs is 1. The minimum Gasteiger partial charge on any atom is -0.494 e. The first-order valence-corrected chi connectivity index (χ1v) is 11.9. The third-order valence-corrected chi connectivity index (χ3v) is 6.28. The van der Waals surface area contributed by atoms with E-state index in [4.69, 9.17) is 4.74 Å². The van der Waals surface area contributed by atoms with Crippen molar-refractivity contribution >= 4 is 29.1 Å². The van der Waals surface area contributed by atoms with Crippen LogP contribution in [0, 0.1) is 20.8 Å². The molecule has 0 unspecified atom stereocenters. The van der Waals surface area contributed by atoms with Gasteiger partial charge in [-0.25, -0.2) is 9.50 Å². The number of aromatic nitrogens is 4. The summed E-state index contributed by atoms with van der Waals surface area (Å²) in [4.78, 5) is 21.6. The van der Waals surface area contributed by atoms with E-state index in [9.17, 15) is 4.79 Å². The van der Waals surface area contributed by atoms with E-state index in [2.05, 4.69) is 45.5 Å². The SMILES string of the molecule is CCOc1ccc(NC(=O)CSc2nc3nc(C)c(Cc4ccccc4C)c(C)n3n2)cc1. The summed E-state index contributed by atoms with van der Waals surface area (Å²) in [6, 6.07) is 15.7. The molecule has 4 aromatic rings. The maximum Gasteiger partial charge on any atom is 0.253 e. The van der Waals surface area contributed by atoms with Gasteiger partial charge >= 0.3 is 0 Å². The molecule has 7 nitrogen and oxygen atoms in total. The number of aryl methyl sites for hydroxylation is 3. The highest BCUT2D eigenvalue weighted by molar-refractivity contribution is 7.99. The predicted molar refractivity (Wildman–Crippen MR) is 131 cm³/mol. The molecule has 0 aliphatic heterocycles. The number of hydrogen-bond acceptors (Lipinski definition) is 6. The third kappa shape index (κ3) is 5.34. The quantitative estimate of drug-likeness (QED) is 0.381. The van der Waals surface area contributed by atoms with E-state index < -0.39 is 0 Å². The summed E-state index contributed by atoms with van der Waals surface area (Å²) in [7, 11) is 0. The number of nitrogens with zero attached hydrogens (tertiary/aromatic N) is 4. The second-order valence-electron chi connectivity index (χ2n) is 7.76. The summed E-state index contributed by atoms with van der Waals surface area (Å²) in [6.07, 6.45) is 0.792. The van der Waals surface area contributed by atoms with Crippen LogP contribution < -0.4 is 10.1 Å². The number of carbonyl (C=O) groups is 1. The second kappa shape index (κ2) is 10.0. The van der Waals surface area contributed by atoms with E-state index >= 15 is 0 Å². The lowest BCUT2D eigenvalue weighted by Crippen LogP contribution is -2.14. The van der Waals surface area contributed by atoms with E-state index in [-0.39, 0.29) is 11.7 Å². The summed E-state index contributed by atoms with van der Waals surface area (Å²) in [5.41, 5.74) is 6.35. The van der Waals surface area contributed by atoms with E-state index in [1.165, 1.54) is 22.9 Å². The summed E-state index contributed by atoms with van der Waals surface area (Å²) in [6.45, 7) is 8.71. The van der Waals surface area contributed by atoms with Crippen molar-refractivity contribution in [1.82, 2.24) is 19.6 Å². The normalized spacial score (nSPS) is 11.0. The zero-order valence-corrected chi connectivity index (χ0v) is 20.1. The van der Waals surface area contributed by atoms with Gasteiger partial charge in [-0.05, 0) is 68.7 Å². The Bertz CT molecular complexity index is 1280. The van der Waals surface area contributed by atoms with E-state index in [0.717, 1.165) is 34.8 Å². The van der Waals surface area contributed by atoms with Crippen molar-refractivity contribution in [3.8, 4) is 5.75 Å². The number of benzene rings is 2. The van der Waals surface area contributed by atoms with Crippen LogP contribution in [0.2, 0.25) is 0 Å². The van der Waals surface area contributed by atoms with Crippen LogP contribution in [-0.2, 0) is 11.2 Å². The maximum absolute atomic E-state index is 12.4. The van der Waals surface area contributed by atoms with Crippen LogP contribution in [0.15, 0.2) is 53.7 Å². The minimum atomic E-state index is -0.121. The van der Waals surface area contributed by atoms with Gasteiger partial charge in [-0.1, -0.05) is 36.0 Å². The molecule has 0 spiro atoms. The average Bonchev–Trinajstić information content (AvgIpc) is 3.21. The highest BCUT2D eigenvalue weighted by Crippen LogP contribution is 2.22. The predicted octanol–water partition coefficient (Wildman–Crippen LogP) is 4.77. The molecule has 2 aromatic heterocycles. The molecule has 0 aliphatic rings. The van der Waals surface area contributed by atoms with Crippen molar-refractivity contribution in [3.05, 3.63) is 76.6 Å². The summed E-state index contributed by atoms with van der Waals surface area (Å²) < 4.78 is 7.19. The Labute approximate surface area is 197 Å². The van der Waals surface area contributed by atoms with Crippen LogP contribution in [0.3, 0.4) is 0 Å². The van der Waals surface area contributed by atoms with Crippen molar-refractivity contribution in [1.29, 1.82) is 0 Å². The first kappa shape index (κ1) is 22.8. The number of nitrogens with one attached hydrogen (secondary N) is 1. The molecule has 2 heterocycles. The lowest BCUT2D eigenvalue weighted by molar-refractivity contribution is -0.113. The molecule has 1 amide bonds. The molecule has 2 aromatic carbocycles. The minimum absolute atomic E-state index is 0.121. The molecule has 170 valence electrons. The Morgan fingerprint density at radius 2 is 1.82 bits per heavy atom. The standard InChI is InChI=1S/C25H27N5O2S/c1-5-32-21-12-10-20(11-13-21)27-23(31)15-33-25-28-24-26-17(3)22(18(4)30(24)29-25)14-19-9-7-6-8-16(19)2/h6-13H,5,14-15H2,1-4H3,(H,27,31). The maximum atomic E-state index is 12.4. The molecule has 0 radical (unpaired) electrons. The number of rotatable bonds is 8. The molecule has 0 aliphatic carbocycles. The van der Waals surface area contributed by atoms with Crippen LogP contribution in [0.25, 0.3) is 5.78 Å². The molecule has 0 atom stereocenters. The van der Waals surface area contributed by atoms with Crippen LogP contribution in [0.1, 0.15) is 35.0 Å². The number of hydrogen-bond donors (Lipinski definition) is 1. The zero-order chi connectivity index (χ0) is 23.4. The van der Waals surface area contributed by atoms with Gasteiger partial charge in [0.25, 0.3) is 5.78 Å². The number of anilines is 1. The average molecular weight is 462 g/mol. The molecular weight excluding hydrogens is 434 g/mol. The van der Waals surface area contributed by atoms with Crippen molar-refractivity contribution in [2.24, 2.45) is 0 Å². The van der Waals surface area contributed by atoms with Crippen LogP contribution >= 0.6 is 11.8 Å². The molecular formula is C25H27N5O2S. The molecule has 0 saturated carbocycles. The molecule has 4 rings (SSSR count). The lowest BCUT2D eigenvalue weighted by atomic mass is 9.99. The topological polar surface area (TPSA) is 81.4 Å². The Kier molecular flexibility index (Phi) is 6.93. The number of carbonyl (C=O) groups excluding carboxylic acids is 1. The zero-order valence-electron chi connectivity index (χ0n) is 19.3. The van der Waals surface area contributed by atoms with Crippen molar-refractivity contribution in [2.75, 3.05) is 17.7 Å². The first-order chi connectivity index (χ1) is 15.9. The van der Waals surface area contributed by atoms with E-state index in [1.807, 2.05) is 51.1 Å². The molecule has 1 N–H and O–H groups in total. The Morgan fingerprint density at radius 1 is 1.06 bits per heavy atom. The molecule has 8 heteroatoms. The van der Waals surface area contributed by atoms with Gasteiger partial charge < -0.3 is 10.1 Å². The van der Waals surface area contributed by atoms with Gasteiger partial charge in [-0.3, -0.25) is 4.79 Å². The summed E-state index contributed by atoms with van der Waals surface area (Å²) >= 11 is 1.29. The van der Waals surface area contributed by atoms with Gasteiger partial charge in [-0.15, -0.1) is 5.10 Å². The fraction of sp³-hybridized carbons (Fsp3) is 0.280. The van der Waals surface area contributed by atoms with Crippen molar-refractivity contribution in [3.63, 3.8) is 0 Å². The van der Waals surface area contributed by atoms with Gasteiger partial charge in [0.2, 0.25) is 11.1 Å². The van der Waals surface area contributed by atoms with E-state index in [0.29, 0.717) is 17.5 Å². The fourth-order valence-corrected chi connectivity index (χ4v) is 4.25. The largest absolute Gasteiger partial charge is 0.494 e. The first-order valence-electron chi connectivity index (χ1n) is 10.9. The Morgan fingerprint density at radius 3 is 2.55 bits per heavy atom. The second-order valence-corrected chi connectivity index (χ2v) is 8.71. The number of ether oxygens (including phenoxy) is 1. The van der Waals surface area contributed by atoms with Gasteiger partial charge in [0.15, 0.2) is 0 Å². The fourth-order valence-electron chi connectivity index (χ4n) is 3.63. The van der Waals surface area contributed by atoms with E-state index in [1.54, 1.807) is 4.52 Å². The summed E-state index contributed by atoms with van der Waals surface area (Å²) in [5, 5.41) is 8.01. The Balaban J connectivity index is 1.45. The van der Waals surface area contributed by atoms with Gasteiger partial charge in [-0.2, -0.15) is 4.98 Å².